The molecule has 106 valence electrons. The van der Waals surface area contributed by atoms with Crippen molar-refractivity contribution in [2.45, 2.75) is 25.3 Å². The molecule has 1 aliphatic carbocycles. The zero-order valence-electron chi connectivity index (χ0n) is 12.4. The summed E-state index contributed by atoms with van der Waals surface area (Å²) in [5.41, 5.74) is 5.14. The lowest BCUT2D eigenvalue weighted by Crippen LogP contribution is -2.19. The molecule has 0 saturated heterocycles. The molecule has 0 fully saturated rings. The monoisotopic (exact) mass is 270 g/mol. The highest BCUT2D eigenvalue weighted by molar-refractivity contribution is 5.70. The van der Waals surface area contributed by atoms with Crippen molar-refractivity contribution in [2.24, 2.45) is 7.05 Å². The van der Waals surface area contributed by atoms with Gasteiger partial charge in [0, 0.05) is 32.4 Å². The highest BCUT2D eigenvalue weighted by Gasteiger charge is 2.23. The van der Waals surface area contributed by atoms with Gasteiger partial charge in [-0.05, 0) is 31.4 Å². The maximum atomic E-state index is 4.41. The number of nitrogens with one attached hydrogen (secondary N) is 1. The summed E-state index contributed by atoms with van der Waals surface area (Å²) in [5.74, 6) is 0. The van der Waals surface area contributed by atoms with E-state index >= 15 is 0 Å². The number of para-hydroxylation sites is 2. The maximum Gasteiger partial charge on any atom is 0.0596 e. The number of fused-ring (bicyclic) bond motifs is 1. The molecule has 4 heteroatoms. The van der Waals surface area contributed by atoms with Crippen LogP contribution in [-0.2, 0) is 13.5 Å². The van der Waals surface area contributed by atoms with Gasteiger partial charge in [-0.25, -0.2) is 0 Å². The van der Waals surface area contributed by atoms with Crippen LogP contribution in [0.1, 0.15) is 30.1 Å². The quantitative estimate of drug-likeness (QED) is 0.931. The Kier molecular flexibility index (Phi) is 3.38. The molecule has 4 nitrogen and oxygen atoms in total. The molecular weight excluding hydrogens is 248 g/mol. The first kappa shape index (κ1) is 13.0. The molecule has 1 heterocycles. The second-order valence-corrected chi connectivity index (χ2v) is 5.67. The lowest BCUT2D eigenvalue weighted by atomic mass is 9.92. The van der Waals surface area contributed by atoms with Gasteiger partial charge in [0.1, 0.15) is 0 Å². The predicted molar refractivity (Wildman–Crippen MR) is 83.3 cm³/mol. The molecule has 1 aromatic carbocycles. The summed E-state index contributed by atoms with van der Waals surface area (Å²) in [5, 5.41) is 8.12. The summed E-state index contributed by atoms with van der Waals surface area (Å²) >= 11 is 0. The lowest BCUT2D eigenvalue weighted by molar-refractivity contribution is 0.571. The third-order valence-electron chi connectivity index (χ3n) is 4.09. The number of nitrogens with zero attached hydrogens (tertiary/aromatic N) is 3. The van der Waals surface area contributed by atoms with Crippen molar-refractivity contribution < 1.29 is 0 Å². The minimum atomic E-state index is 0.369. The van der Waals surface area contributed by atoms with E-state index in [2.05, 4.69) is 53.7 Å². The summed E-state index contributed by atoms with van der Waals surface area (Å²) in [6.45, 7) is 0. The van der Waals surface area contributed by atoms with Crippen LogP contribution in [0, 0.1) is 0 Å². The molecule has 1 unspecified atom stereocenters. The number of benzene rings is 1. The SMILES string of the molecule is CN(C)c1ccccc1NC1CCCc2c1cnn2C. The Morgan fingerprint density at radius 1 is 1.30 bits per heavy atom. The third-order valence-corrected chi connectivity index (χ3v) is 4.09. The predicted octanol–water partition coefficient (Wildman–Crippen LogP) is 2.98. The molecule has 0 spiro atoms. The normalized spacial score (nSPS) is 17.6. The summed E-state index contributed by atoms with van der Waals surface area (Å²) in [4.78, 5) is 2.15. The molecule has 3 rings (SSSR count). The second kappa shape index (κ2) is 5.19. The molecule has 2 aromatic rings. The maximum absolute atomic E-state index is 4.41. The highest BCUT2D eigenvalue weighted by atomic mass is 15.3. The van der Waals surface area contributed by atoms with Crippen molar-refractivity contribution in [1.29, 1.82) is 0 Å². The fourth-order valence-electron chi connectivity index (χ4n) is 3.03. The zero-order valence-corrected chi connectivity index (χ0v) is 12.4. The van der Waals surface area contributed by atoms with E-state index in [0.29, 0.717) is 6.04 Å². The van der Waals surface area contributed by atoms with Crippen LogP contribution in [0.4, 0.5) is 11.4 Å². The van der Waals surface area contributed by atoms with Crippen LogP contribution in [0.5, 0.6) is 0 Å². The van der Waals surface area contributed by atoms with Crippen molar-refractivity contribution in [2.75, 3.05) is 24.3 Å². The second-order valence-electron chi connectivity index (χ2n) is 5.67. The Morgan fingerprint density at radius 2 is 2.10 bits per heavy atom. The first-order valence-corrected chi connectivity index (χ1v) is 7.20. The summed E-state index contributed by atoms with van der Waals surface area (Å²) < 4.78 is 2.01. The molecule has 0 saturated carbocycles. The average Bonchev–Trinajstić information content (AvgIpc) is 2.82. The zero-order chi connectivity index (χ0) is 14.1. The van der Waals surface area contributed by atoms with Crippen LogP contribution < -0.4 is 10.2 Å². The molecule has 0 bridgehead atoms. The number of rotatable bonds is 3. The van der Waals surface area contributed by atoms with Gasteiger partial charge in [0.15, 0.2) is 0 Å². The molecule has 1 aliphatic rings. The minimum Gasteiger partial charge on any atom is -0.376 e. The van der Waals surface area contributed by atoms with E-state index in [1.54, 1.807) is 0 Å². The van der Waals surface area contributed by atoms with Crippen molar-refractivity contribution in [3.63, 3.8) is 0 Å². The molecule has 20 heavy (non-hydrogen) atoms. The van der Waals surface area contributed by atoms with E-state index in [1.165, 1.54) is 35.5 Å². The standard InChI is InChI=1S/C16H22N4/c1-19(2)16-9-5-4-7-14(16)18-13-8-6-10-15-12(13)11-17-20(15)3/h4-5,7,9,11,13,18H,6,8,10H2,1-3H3. The van der Waals surface area contributed by atoms with Crippen LogP contribution in [-0.4, -0.2) is 23.9 Å². The molecule has 1 N–H and O–H groups in total. The van der Waals surface area contributed by atoms with Gasteiger partial charge < -0.3 is 10.2 Å². The smallest absolute Gasteiger partial charge is 0.0596 e. The van der Waals surface area contributed by atoms with E-state index in [0.717, 1.165) is 6.42 Å². The Hall–Kier alpha value is -1.97. The minimum absolute atomic E-state index is 0.369. The molecule has 1 atom stereocenters. The van der Waals surface area contributed by atoms with E-state index in [1.807, 2.05) is 17.9 Å². The van der Waals surface area contributed by atoms with Gasteiger partial charge in [0.25, 0.3) is 0 Å². The van der Waals surface area contributed by atoms with Crippen LogP contribution in [0.2, 0.25) is 0 Å². The van der Waals surface area contributed by atoms with Gasteiger partial charge in [0.05, 0.1) is 23.6 Å². The van der Waals surface area contributed by atoms with Gasteiger partial charge in [0.2, 0.25) is 0 Å². The third kappa shape index (κ3) is 2.26. The number of hydrogen-bond donors (Lipinski definition) is 1. The average molecular weight is 270 g/mol. The number of aromatic nitrogens is 2. The van der Waals surface area contributed by atoms with Crippen molar-refractivity contribution >= 4 is 11.4 Å². The van der Waals surface area contributed by atoms with Gasteiger partial charge in [-0.1, -0.05) is 12.1 Å². The number of aryl methyl sites for hydroxylation is 1. The van der Waals surface area contributed by atoms with Crippen molar-refractivity contribution in [3.05, 3.63) is 41.7 Å². The first-order chi connectivity index (χ1) is 9.66. The Balaban J connectivity index is 1.90. The molecular formula is C16H22N4. The van der Waals surface area contributed by atoms with Crippen LogP contribution in [0.25, 0.3) is 0 Å². The van der Waals surface area contributed by atoms with Crippen molar-refractivity contribution in [3.8, 4) is 0 Å². The Labute approximate surface area is 120 Å². The fourth-order valence-corrected chi connectivity index (χ4v) is 3.03. The van der Waals surface area contributed by atoms with E-state index in [-0.39, 0.29) is 0 Å². The first-order valence-electron chi connectivity index (χ1n) is 7.20. The van der Waals surface area contributed by atoms with Gasteiger partial charge >= 0.3 is 0 Å². The Bertz CT molecular complexity index is 600. The van der Waals surface area contributed by atoms with E-state index in [9.17, 15) is 0 Å². The van der Waals surface area contributed by atoms with Crippen LogP contribution >= 0.6 is 0 Å². The van der Waals surface area contributed by atoms with Crippen LogP contribution in [0.15, 0.2) is 30.5 Å². The van der Waals surface area contributed by atoms with Gasteiger partial charge in [-0.15, -0.1) is 0 Å². The number of anilines is 2. The topological polar surface area (TPSA) is 33.1 Å². The summed E-state index contributed by atoms with van der Waals surface area (Å²) in [6, 6.07) is 8.84. The summed E-state index contributed by atoms with van der Waals surface area (Å²) in [7, 11) is 6.20. The van der Waals surface area contributed by atoms with Gasteiger partial charge in [-0.2, -0.15) is 5.10 Å². The lowest BCUT2D eigenvalue weighted by Gasteiger charge is -2.27. The largest absolute Gasteiger partial charge is 0.376 e. The Morgan fingerprint density at radius 3 is 2.90 bits per heavy atom. The van der Waals surface area contributed by atoms with E-state index < -0.39 is 0 Å². The number of hydrogen-bond acceptors (Lipinski definition) is 3. The summed E-state index contributed by atoms with van der Waals surface area (Å²) in [6.07, 6.45) is 5.54. The van der Waals surface area contributed by atoms with Crippen LogP contribution in [0.3, 0.4) is 0 Å². The van der Waals surface area contributed by atoms with Gasteiger partial charge in [-0.3, -0.25) is 4.68 Å². The molecule has 1 aromatic heterocycles. The molecule has 0 amide bonds. The molecule has 0 aliphatic heterocycles. The fraction of sp³-hybridized carbons (Fsp3) is 0.438. The van der Waals surface area contributed by atoms with Crippen molar-refractivity contribution in [1.82, 2.24) is 9.78 Å². The highest BCUT2D eigenvalue weighted by Crippen LogP contribution is 2.34. The van der Waals surface area contributed by atoms with E-state index in [4.69, 9.17) is 0 Å². The molecule has 0 radical (unpaired) electrons.